The van der Waals surface area contributed by atoms with Crippen LogP contribution in [0.1, 0.15) is 38.6 Å². The van der Waals surface area contributed by atoms with E-state index in [-0.39, 0.29) is 5.92 Å². The van der Waals surface area contributed by atoms with E-state index >= 15 is 0 Å². The van der Waals surface area contributed by atoms with Crippen molar-refractivity contribution in [3.63, 3.8) is 0 Å². The van der Waals surface area contributed by atoms with Crippen LogP contribution in [-0.2, 0) is 4.79 Å². The Hall–Kier alpha value is -2.24. The van der Waals surface area contributed by atoms with Gasteiger partial charge in [-0.25, -0.2) is 9.78 Å². The summed E-state index contributed by atoms with van der Waals surface area (Å²) in [6.45, 7) is 5.62. The fraction of sp³-hybridized carbons (Fsp3) is 0.467. The third-order valence-corrected chi connectivity index (χ3v) is 3.48. The van der Waals surface area contributed by atoms with E-state index in [1.54, 1.807) is 37.8 Å². The van der Waals surface area contributed by atoms with Crippen LogP contribution >= 0.6 is 0 Å². The lowest BCUT2D eigenvalue weighted by Crippen LogP contribution is -2.18. The Balaban J connectivity index is 2.79. The summed E-state index contributed by atoms with van der Waals surface area (Å²) in [6.07, 6.45) is 0. The highest BCUT2D eigenvalue weighted by Crippen LogP contribution is 2.35. The van der Waals surface area contributed by atoms with Gasteiger partial charge in [-0.1, -0.05) is 13.8 Å². The molecule has 1 heterocycles. The predicted octanol–water partition coefficient (Wildman–Crippen LogP) is 2.82. The number of carboxylic acids is 1. The van der Waals surface area contributed by atoms with Crippen LogP contribution in [0, 0.1) is 0 Å². The number of methoxy groups -OCH3 is 2. The maximum Gasteiger partial charge on any atom is 0.326 e. The predicted molar refractivity (Wildman–Crippen MR) is 79.3 cm³/mol. The van der Waals surface area contributed by atoms with Gasteiger partial charge in [0.1, 0.15) is 11.9 Å². The average molecular weight is 292 g/mol. The maximum atomic E-state index is 11.4. The first-order valence-corrected chi connectivity index (χ1v) is 6.77. The van der Waals surface area contributed by atoms with Crippen molar-refractivity contribution < 1.29 is 19.4 Å². The van der Waals surface area contributed by atoms with Crippen molar-refractivity contribution in [2.24, 2.45) is 0 Å². The number of hydrogen-bond acceptors (Lipinski definition) is 4. The molecular weight excluding hydrogens is 272 g/mol. The quantitative estimate of drug-likeness (QED) is 0.917. The van der Waals surface area contributed by atoms with Crippen LogP contribution in [0.4, 0.5) is 0 Å². The molecule has 1 unspecified atom stereocenters. The second-order valence-corrected chi connectivity index (χ2v) is 5.20. The zero-order valence-electron chi connectivity index (χ0n) is 12.9. The SMILES string of the molecule is COc1cc2nc(C(C)C)n(C(C)C(=O)O)c2cc1OC. The lowest BCUT2D eigenvalue weighted by Gasteiger charge is -2.16. The van der Waals surface area contributed by atoms with Crippen molar-refractivity contribution in [2.75, 3.05) is 14.2 Å². The van der Waals surface area contributed by atoms with Crippen LogP contribution in [0.5, 0.6) is 11.5 Å². The molecule has 0 amide bonds. The minimum Gasteiger partial charge on any atom is -0.493 e. The first-order valence-electron chi connectivity index (χ1n) is 6.77. The summed E-state index contributed by atoms with van der Waals surface area (Å²) in [7, 11) is 3.11. The Morgan fingerprint density at radius 3 is 2.24 bits per heavy atom. The molecule has 0 aliphatic rings. The minimum absolute atomic E-state index is 0.108. The van der Waals surface area contributed by atoms with Crippen molar-refractivity contribution in [3.8, 4) is 11.5 Å². The summed E-state index contributed by atoms with van der Waals surface area (Å²) in [5, 5.41) is 9.34. The Bertz CT molecular complexity index is 676. The van der Waals surface area contributed by atoms with E-state index in [2.05, 4.69) is 4.98 Å². The van der Waals surface area contributed by atoms with Crippen molar-refractivity contribution in [3.05, 3.63) is 18.0 Å². The number of carboxylic acid groups (broad SMARTS) is 1. The molecule has 0 spiro atoms. The average Bonchev–Trinajstić information content (AvgIpc) is 2.82. The zero-order valence-corrected chi connectivity index (χ0v) is 12.9. The number of aliphatic carboxylic acids is 1. The molecule has 1 N–H and O–H groups in total. The molecule has 1 aromatic carbocycles. The van der Waals surface area contributed by atoms with Gasteiger partial charge in [-0.3, -0.25) is 0 Å². The summed E-state index contributed by atoms with van der Waals surface area (Å²) in [5.74, 6) is 1.07. The molecule has 0 bridgehead atoms. The normalized spacial score (nSPS) is 12.7. The van der Waals surface area contributed by atoms with E-state index in [4.69, 9.17) is 9.47 Å². The Morgan fingerprint density at radius 1 is 1.19 bits per heavy atom. The highest BCUT2D eigenvalue weighted by atomic mass is 16.5. The van der Waals surface area contributed by atoms with Crippen molar-refractivity contribution >= 4 is 17.0 Å². The molecule has 1 aromatic heterocycles. The largest absolute Gasteiger partial charge is 0.493 e. The van der Waals surface area contributed by atoms with Crippen LogP contribution in [0.25, 0.3) is 11.0 Å². The van der Waals surface area contributed by atoms with E-state index < -0.39 is 12.0 Å². The third-order valence-electron chi connectivity index (χ3n) is 3.48. The summed E-state index contributed by atoms with van der Waals surface area (Å²) in [6, 6.07) is 2.84. The van der Waals surface area contributed by atoms with Gasteiger partial charge in [0, 0.05) is 18.1 Å². The standard InChI is InChI=1S/C15H20N2O4/c1-8(2)14-16-10-6-12(20-4)13(21-5)7-11(10)17(14)9(3)15(18)19/h6-9H,1-5H3,(H,18,19). The van der Waals surface area contributed by atoms with E-state index in [1.165, 1.54) is 0 Å². The van der Waals surface area contributed by atoms with E-state index in [1.807, 2.05) is 13.8 Å². The molecule has 0 fully saturated rings. The molecule has 0 radical (unpaired) electrons. The fourth-order valence-electron chi connectivity index (χ4n) is 2.37. The fourth-order valence-corrected chi connectivity index (χ4v) is 2.37. The van der Waals surface area contributed by atoms with Gasteiger partial charge in [0.15, 0.2) is 11.5 Å². The van der Waals surface area contributed by atoms with E-state index in [0.29, 0.717) is 17.0 Å². The number of ether oxygens (including phenoxy) is 2. The number of nitrogens with zero attached hydrogens (tertiary/aromatic N) is 2. The first-order chi connectivity index (χ1) is 9.90. The molecule has 2 rings (SSSR count). The molecule has 0 aliphatic carbocycles. The van der Waals surface area contributed by atoms with Crippen LogP contribution in [0.3, 0.4) is 0 Å². The summed E-state index contributed by atoms with van der Waals surface area (Å²) in [5.41, 5.74) is 1.43. The second kappa shape index (κ2) is 5.63. The topological polar surface area (TPSA) is 73.6 Å². The molecule has 0 saturated carbocycles. The van der Waals surface area contributed by atoms with Crippen LogP contribution in [0.2, 0.25) is 0 Å². The molecule has 21 heavy (non-hydrogen) atoms. The first kappa shape index (κ1) is 15.2. The number of fused-ring (bicyclic) bond motifs is 1. The van der Waals surface area contributed by atoms with Crippen LogP contribution in [-0.4, -0.2) is 34.8 Å². The smallest absolute Gasteiger partial charge is 0.326 e. The molecule has 6 nitrogen and oxygen atoms in total. The Morgan fingerprint density at radius 2 is 1.76 bits per heavy atom. The number of hydrogen-bond donors (Lipinski definition) is 1. The third kappa shape index (κ3) is 2.53. The number of carbonyl (C=O) groups is 1. The Labute approximate surface area is 123 Å². The van der Waals surface area contributed by atoms with E-state index in [0.717, 1.165) is 11.3 Å². The van der Waals surface area contributed by atoms with Gasteiger partial charge >= 0.3 is 5.97 Å². The Kier molecular flexibility index (Phi) is 4.06. The lowest BCUT2D eigenvalue weighted by atomic mass is 10.2. The highest BCUT2D eigenvalue weighted by molar-refractivity contribution is 5.83. The molecule has 1 atom stereocenters. The van der Waals surface area contributed by atoms with E-state index in [9.17, 15) is 9.90 Å². The van der Waals surface area contributed by atoms with Crippen LogP contribution in [0.15, 0.2) is 12.1 Å². The van der Waals surface area contributed by atoms with Gasteiger partial charge in [-0.05, 0) is 6.92 Å². The molecular formula is C15H20N2O4. The van der Waals surface area contributed by atoms with Gasteiger partial charge in [0.05, 0.1) is 25.3 Å². The van der Waals surface area contributed by atoms with Crippen LogP contribution < -0.4 is 9.47 Å². The molecule has 0 saturated heterocycles. The molecule has 6 heteroatoms. The molecule has 114 valence electrons. The molecule has 2 aromatic rings. The highest BCUT2D eigenvalue weighted by Gasteiger charge is 2.23. The number of benzene rings is 1. The monoisotopic (exact) mass is 292 g/mol. The maximum absolute atomic E-state index is 11.4. The summed E-state index contributed by atoms with van der Waals surface area (Å²) >= 11 is 0. The number of rotatable bonds is 5. The van der Waals surface area contributed by atoms with Gasteiger partial charge in [0.25, 0.3) is 0 Å². The number of aromatic nitrogens is 2. The lowest BCUT2D eigenvalue weighted by molar-refractivity contribution is -0.140. The summed E-state index contributed by atoms with van der Waals surface area (Å²) in [4.78, 5) is 16.0. The second-order valence-electron chi connectivity index (χ2n) is 5.20. The van der Waals surface area contributed by atoms with Gasteiger partial charge in [-0.15, -0.1) is 0 Å². The van der Waals surface area contributed by atoms with Gasteiger partial charge in [0.2, 0.25) is 0 Å². The van der Waals surface area contributed by atoms with Gasteiger partial charge in [-0.2, -0.15) is 0 Å². The molecule has 0 aliphatic heterocycles. The summed E-state index contributed by atoms with van der Waals surface area (Å²) < 4.78 is 12.3. The van der Waals surface area contributed by atoms with Crippen molar-refractivity contribution in [1.82, 2.24) is 9.55 Å². The van der Waals surface area contributed by atoms with Crippen molar-refractivity contribution in [1.29, 1.82) is 0 Å². The minimum atomic E-state index is -0.897. The van der Waals surface area contributed by atoms with Gasteiger partial charge < -0.3 is 19.1 Å². The number of imidazole rings is 1. The van der Waals surface area contributed by atoms with Crippen molar-refractivity contribution in [2.45, 2.75) is 32.7 Å². The zero-order chi connectivity index (χ0) is 15.7.